The van der Waals surface area contributed by atoms with Crippen LogP contribution in [-0.4, -0.2) is 14.4 Å². The van der Waals surface area contributed by atoms with Crippen LogP contribution in [0, 0.1) is 0 Å². The molecule has 3 aromatic rings. The van der Waals surface area contributed by atoms with Crippen molar-refractivity contribution in [2.75, 3.05) is 0 Å². The molecule has 0 saturated heterocycles. The van der Waals surface area contributed by atoms with E-state index in [1.54, 1.807) is 6.20 Å². The monoisotopic (exact) mass is 273 g/mol. The number of halogens is 1. The fourth-order valence-corrected chi connectivity index (χ4v) is 2.02. The quantitative estimate of drug-likeness (QED) is 0.682. The molecule has 0 radical (unpaired) electrons. The Hall–Kier alpha value is -1.68. The van der Waals surface area contributed by atoms with Gasteiger partial charge in [0.15, 0.2) is 0 Å². The summed E-state index contributed by atoms with van der Waals surface area (Å²) in [6.45, 7) is 0. The Balaban J connectivity index is 2.29. The number of fused-ring (bicyclic) bond motifs is 1. The van der Waals surface area contributed by atoms with Gasteiger partial charge in [0, 0.05) is 28.6 Å². The summed E-state index contributed by atoms with van der Waals surface area (Å²) in [5, 5.41) is 0. The highest BCUT2D eigenvalue weighted by atomic mass is 79.9. The van der Waals surface area contributed by atoms with E-state index in [1.807, 2.05) is 47.3 Å². The van der Waals surface area contributed by atoms with E-state index in [1.165, 1.54) is 0 Å². The first-order valence-electron chi connectivity index (χ1n) is 4.87. The second kappa shape index (κ2) is 3.72. The second-order valence-corrected chi connectivity index (χ2v) is 4.38. The lowest BCUT2D eigenvalue weighted by Gasteiger charge is -2.01. The third kappa shape index (κ3) is 1.51. The van der Waals surface area contributed by atoms with Gasteiger partial charge >= 0.3 is 0 Å². The lowest BCUT2D eigenvalue weighted by Crippen LogP contribution is -1.88. The van der Waals surface area contributed by atoms with E-state index in [9.17, 15) is 0 Å². The topological polar surface area (TPSA) is 30.2 Å². The Bertz CT molecular complexity index is 631. The lowest BCUT2D eigenvalue weighted by atomic mass is 10.2. The molecule has 0 unspecified atom stereocenters. The molecule has 4 heteroatoms. The third-order valence-corrected chi connectivity index (χ3v) is 2.90. The van der Waals surface area contributed by atoms with Gasteiger partial charge in [-0.25, -0.2) is 4.98 Å². The minimum absolute atomic E-state index is 0.932. The van der Waals surface area contributed by atoms with Gasteiger partial charge in [-0.1, -0.05) is 0 Å². The first-order valence-corrected chi connectivity index (χ1v) is 5.67. The summed E-state index contributed by atoms with van der Waals surface area (Å²) in [7, 11) is 0. The molecule has 0 aliphatic carbocycles. The van der Waals surface area contributed by atoms with E-state index in [2.05, 4.69) is 25.9 Å². The number of pyridine rings is 2. The van der Waals surface area contributed by atoms with Crippen molar-refractivity contribution in [2.45, 2.75) is 0 Å². The summed E-state index contributed by atoms with van der Waals surface area (Å²) in [4.78, 5) is 8.47. The second-order valence-electron chi connectivity index (χ2n) is 3.46. The Morgan fingerprint density at radius 3 is 2.88 bits per heavy atom. The molecule has 3 aromatic heterocycles. The van der Waals surface area contributed by atoms with Crippen LogP contribution in [0.3, 0.4) is 0 Å². The zero-order valence-electron chi connectivity index (χ0n) is 8.34. The van der Waals surface area contributed by atoms with Gasteiger partial charge in [0.25, 0.3) is 0 Å². The Labute approximate surface area is 101 Å². The molecule has 0 saturated carbocycles. The molecular weight excluding hydrogens is 266 g/mol. The lowest BCUT2D eigenvalue weighted by molar-refractivity contribution is 1.17. The Kier molecular flexibility index (Phi) is 2.22. The SMILES string of the molecule is Brc1ccc2ncc(-c3cccnc3)n2c1. The molecule has 0 aromatic carbocycles. The molecule has 0 fully saturated rings. The van der Waals surface area contributed by atoms with Crippen molar-refractivity contribution in [3.8, 4) is 11.3 Å². The average Bonchev–Trinajstić information content (AvgIpc) is 2.73. The molecule has 3 rings (SSSR count). The maximum atomic E-state index is 4.35. The van der Waals surface area contributed by atoms with Gasteiger partial charge in [0.05, 0.1) is 11.9 Å². The fourth-order valence-electron chi connectivity index (χ4n) is 1.68. The Morgan fingerprint density at radius 2 is 2.06 bits per heavy atom. The van der Waals surface area contributed by atoms with Crippen LogP contribution in [0.2, 0.25) is 0 Å². The molecule has 0 spiro atoms. The molecule has 0 atom stereocenters. The van der Waals surface area contributed by atoms with E-state index >= 15 is 0 Å². The molecule has 0 amide bonds. The largest absolute Gasteiger partial charge is 0.298 e. The van der Waals surface area contributed by atoms with Gasteiger partial charge in [-0.3, -0.25) is 9.38 Å². The number of nitrogens with zero attached hydrogens (tertiary/aromatic N) is 3. The maximum Gasteiger partial charge on any atom is 0.137 e. The van der Waals surface area contributed by atoms with Crippen LogP contribution in [0.1, 0.15) is 0 Å². The predicted octanol–water partition coefficient (Wildman–Crippen LogP) is 3.16. The van der Waals surface area contributed by atoms with E-state index < -0.39 is 0 Å². The number of hydrogen-bond donors (Lipinski definition) is 0. The zero-order valence-corrected chi connectivity index (χ0v) is 9.92. The standard InChI is InChI=1S/C12H8BrN3/c13-10-3-4-12-15-7-11(16(12)8-10)9-2-1-5-14-6-9/h1-8H. The molecule has 0 aliphatic heterocycles. The van der Waals surface area contributed by atoms with Crippen LogP contribution in [0.4, 0.5) is 0 Å². The summed E-state index contributed by atoms with van der Waals surface area (Å²) < 4.78 is 3.07. The van der Waals surface area contributed by atoms with Crippen LogP contribution >= 0.6 is 15.9 Å². The van der Waals surface area contributed by atoms with E-state index in [0.29, 0.717) is 0 Å². The highest BCUT2D eigenvalue weighted by Gasteiger charge is 2.05. The van der Waals surface area contributed by atoms with Crippen molar-refractivity contribution in [1.82, 2.24) is 14.4 Å². The van der Waals surface area contributed by atoms with Crippen LogP contribution in [0.15, 0.2) is 53.5 Å². The van der Waals surface area contributed by atoms with Crippen molar-refractivity contribution >= 4 is 21.6 Å². The van der Waals surface area contributed by atoms with E-state index in [0.717, 1.165) is 21.4 Å². The molecule has 3 nitrogen and oxygen atoms in total. The van der Waals surface area contributed by atoms with Crippen LogP contribution in [-0.2, 0) is 0 Å². The Morgan fingerprint density at radius 1 is 1.12 bits per heavy atom. The van der Waals surface area contributed by atoms with Crippen LogP contribution < -0.4 is 0 Å². The average molecular weight is 274 g/mol. The van der Waals surface area contributed by atoms with Gasteiger partial charge in [-0.2, -0.15) is 0 Å². The summed E-state index contributed by atoms with van der Waals surface area (Å²) >= 11 is 3.46. The van der Waals surface area contributed by atoms with Crippen molar-refractivity contribution in [3.63, 3.8) is 0 Å². The van der Waals surface area contributed by atoms with Crippen LogP contribution in [0.5, 0.6) is 0 Å². The van der Waals surface area contributed by atoms with Crippen molar-refractivity contribution in [1.29, 1.82) is 0 Å². The summed E-state index contributed by atoms with van der Waals surface area (Å²) in [5.41, 5.74) is 3.04. The molecule has 0 bridgehead atoms. The number of hydrogen-bond acceptors (Lipinski definition) is 2. The summed E-state index contributed by atoms with van der Waals surface area (Å²) in [5.74, 6) is 0. The van der Waals surface area contributed by atoms with Crippen molar-refractivity contribution in [3.05, 3.63) is 53.5 Å². The van der Waals surface area contributed by atoms with E-state index in [4.69, 9.17) is 0 Å². The number of aromatic nitrogens is 3. The highest BCUT2D eigenvalue weighted by molar-refractivity contribution is 9.10. The van der Waals surface area contributed by atoms with Gasteiger partial charge in [-0.05, 0) is 40.2 Å². The van der Waals surface area contributed by atoms with Crippen LogP contribution in [0.25, 0.3) is 16.9 Å². The summed E-state index contributed by atoms with van der Waals surface area (Å²) in [6, 6.07) is 7.91. The van der Waals surface area contributed by atoms with E-state index in [-0.39, 0.29) is 0 Å². The van der Waals surface area contributed by atoms with Crippen molar-refractivity contribution < 1.29 is 0 Å². The predicted molar refractivity (Wildman–Crippen MR) is 66.1 cm³/mol. The molecule has 78 valence electrons. The van der Waals surface area contributed by atoms with Gasteiger partial charge in [-0.15, -0.1) is 0 Å². The van der Waals surface area contributed by atoms with Crippen molar-refractivity contribution in [2.24, 2.45) is 0 Å². The molecule has 3 heterocycles. The smallest absolute Gasteiger partial charge is 0.137 e. The first-order chi connectivity index (χ1) is 7.84. The van der Waals surface area contributed by atoms with Gasteiger partial charge < -0.3 is 0 Å². The maximum absolute atomic E-state index is 4.35. The van der Waals surface area contributed by atoms with Gasteiger partial charge in [0.1, 0.15) is 5.65 Å². The van der Waals surface area contributed by atoms with Gasteiger partial charge in [0.2, 0.25) is 0 Å². The fraction of sp³-hybridized carbons (Fsp3) is 0. The third-order valence-electron chi connectivity index (χ3n) is 2.43. The first kappa shape index (κ1) is 9.54. The molecule has 0 N–H and O–H groups in total. The molecule has 16 heavy (non-hydrogen) atoms. The molecule has 0 aliphatic rings. The normalized spacial score (nSPS) is 10.8. The highest BCUT2D eigenvalue weighted by Crippen LogP contribution is 2.21. The minimum atomic E-state index is 0.932. The summed E-state index contributed by atoms with van der Waals surface area (Å²) in [6.07, 6.45) is 7.47. The zero-order chi connectivity index (χ0) is 11.0. The number of rotatable bonds is 1. The molecular formula is C12H8BrN3. The minimum Gasteiger partial charge on any atom is -0.298 e. The number of imidazole rings is 1.